The lowest BCUT2D eigenvalue weighted by molar-refractivity contribution is -0.142. The minimum Gasteiger partial charge on any atom is -0.379 e. The summed E-state index contributed by atoms with van der Waals surface area (Å²) in [6.07, 6.45) is 6.72. The number of aromatic nitrogens is 3. The first-order valence-electron chi connectivity index (χ1n) is 19.1. The number of Topliss-reactive ketones (excluding diaryl/α,β-unsaturated/α-hetero) is 1. The van der Waals surface area contributed by atoms with Gasteiger partial charge in [0.1, 0.15) is 5.52 Å². The van der Waals surface area contributed by atoms with Crippen LogP contribution in [0.1, 0.15) is 75.5 Å². The van der Waals surface area contributed by atoms with Gasteiger partial charge in [-0.15, -0.1) is 0 Å². The molecule has 3 aromatic rings. The molecule has 3 amide bonds. The number of carbonyl (C=O) groups excluding carboxylic acids is 4. The predicted molar refractivity (Wildman–Crippen MR) is 203 cm³/mol. The third kappa shape index (κ3) is 11.3. The van der Waals surface area contributed by atoms with Crippen LogP contribution >= 0.6 is 0 Å². The first kappa shape index (κ1) is 39.8. The van der Waals surface area contributed by atoms with E-state index in [4.69, 9.17) is 15.2 Å². The number of anilines is 2. The summed E-state index contributed by atoms with van der Waals surface area (Å²) in [4.78, 5) is 63.1. The summed E-state index contributed by atoms with van der Waals surface area (Å²) in [7, 11) is 0. The van der Waals surface area contributed by atoms with Gasteiger partial charge >= 0.3 is 0 Å². The van der Waals surface area contributed by atoms with Crippen molar-refractivity contribution in [2.24, 2.45) is 5.92 Å². The molecule has 0 saturated carbocycles. The molecule has 1 unspecified atom stereocenters. The zero-order valence-electron chi connectivity index (χ0n) is 31.6. The fourth-order valence-corrected chi connectivity index (χ4v) is 6.87. The highest BCUT2D eigenvalue weighted by atomic mass is 16.5. The standard InChI is InChI=1S/C39H56N8O6/c1-4-5-6-13-41-37-36-33(42-39(40)43-37)11-14-46(36)26-31-10-9-30(23-28(31)2)25-44-15-17-45(18-16-44)34(49)12-20-53-22-21-52-19-7-8-32(48)27-47-35(50)24-29(3)38(47)51/h9-11,14,23,29H,4-8,12-13,15-22,24-27H2,1-3H3,(H3,40,41,42,43). The van der Waals surface area contributed by atoms with Crippen LogP contribution in [0.5, 0.6) is 0 Å². The third-order valence-electron chi connectivity index (χ3n) is 9.96. The topological polar surface area (TPSA) is 165 Å². The summed E-state index contributed by atoms with van der Waals surface area (Å²) in [5, 5.41) is 3.48. The molecule has 3 N–H and O–H groups in total. The van der Waals surface area contributed by atoms with Crippen LogP contribution in [-0.2, 0) is 41.7 Å². The number of carbonyl (C=O) groups is 4. The number of ketones is 1. The minimum atomic E-state index is -0.344. The molecule has 2 saturated heterocycles. The number of piperazine rings is 1. The van der Waals surface area contributed by atoms with Crippen molar-refractivity contribution in [1.29, 1.82) is 0 Å². The van der Waals surface area contributed by atoms with Crippen LogP contribution in [0.2, 0.25) is 0 Å². The van der Waals surface area contributed by atoms with Crippen molar-refractivity contribution >= 4 is 46.3 Å². The molecule has 14 nitrogen and oxygen atoms in total. The number of amides is 3. The van der Waals surface area contributed by atoms with Crippen molar-refractivity contribution in [3.05, 3.63) is 47.2 Å². The van der Waals surface area contributed by atoms with Crippen LogP contribution in [0, 0.1) is 12.8 Å². The van der Waals surface area contributed by atoms with E-state index in [0.717, 1.165) is 67.2 Å². The zero-order chi connectivity index (χ0) is 37.7. The number of imide groups is 1. The van der Waals surface area contributed by atoms with Gasteiger partial charge in [0.05, 0.1) is 38.3 Å². The molecule has 4 heterocycles. The van der Waals surface area contributed by atoms with Gasteiger partial charge in [-0.25, -0.2) is 4.98 Å². The number of nitrogens with two attached hydrogens (primary N) is 1. The normalized spacial score (nSPS) is 16.6. The first-order chi connectivity index (χ1) is 25.6. The van der Waals surface area contributed by atoms with E-state index in [9.17, 15) is 19.2 Å². The Morgan fingerprint density at radius 2 is 1.72 bits per heavy atom. The molecule has 1 atom stereocenters. The number of unbranched alkanes of at least 4 members (excludes halogenated alkanes) is 2. The summed E-state index contributed by atoms with van der Waals surface area (Å²) < 4.78 is 13.3. The molecule has 2 aliphatic rings. The van der Waals surface area contributed by atoms with Gasteiger partial charge in [-0.05, 0) is 42.5 Å². The maximum Gasteiger partial charge on any atom is 0.232 e. The monoisotopic (exact) mass is 732 g/mol. The van der Waals surface area contributed by atoms with Crippen LogP contribution in [0.3, 0.4) is 0 Å². The number of ether oxygens (including phenoxy) is 2. The fourth-order valence-electron chi connectivity index (χ4n) is 6.87. The van der Waals surface area contributed by atoms with E-state index < -0.39 is 0 Å². The van der Waals surface area contributed by atoms with E-state index in [2.05, 4.69) is 63.0 Å². The molecule has 288 valence electrons. The number of likely N-dealkylation sites (tertiary alicyclic amines) is 1. The van der Waals surface area contributed by atoms with Gasteiger partial charge in [0.25, 0.3) is 0 Å². The lowest BCUT2D eigenvalue weighted by Gasteiger charge is -2.35. The van der Waals surface area contributed by atoms with E-state index >= 15 is 0 Å². The number of hydrogen-bond donors (Lipinski definition) is 2. The van der Waals surface area contributed by atoms with Gasteiger partial charge in [0.2, 0.25) is 23.7 Å². The van der Waals surface area contributed by atoms with Crippen molar-refractivity contribution in [3.63, 3.8) is 0 Å². The second kappa shape index (κ2) is 19.6. The van der Waals surface area contributed by atoms with E-state index in [1.807, 2.05) is 11.0 Å². The Labute approximate surface area is 312 Å². The van der Waals surface area contributed by atoms with Crippen molar-refractivity contribution in [2.45, 2.75) is 78.8 Å². The maximum atomic E-state index is 12.8. The van der Waals surface area contributed by atoms with E-state index in [0.29, 0.717) is 58.9 Å². The minimum absolute atomic E-state index is 0.0959. The van der Waals surface area contributed by atoms with Crippen LogP contribution in [-0.4, -0.2) is 118 Å². The van der Waals surface area contributed by atoms with E-state index in [-0.39, 0.29) is 54.8 Å². The van der Waals surface area contributed by atoms with E-state index in [1.165, 1.54) is 16.7 Å². The molecular weight excluding hydrogens is 676 g/mol. The number of rotatable bonds is 21. The molecule has 53 heavy (non-hydrogen) atoms. The van der Waals surface area contributed by atoms with Crippen molar-refractivity contribution in [2.75, 3.05) is 76.7 Å². The van der Waals surface area contributed by atoms with Gasteiger partial charge in [0.15, 0.2) is 11.6 Å². The van der Waals surface area contributed by atoms with Gasteiger partial charge in [-0.1, -0.05) is 44.9 Å². The lowest BCUT2D eigenvalue weighted by atomic mass is 10.0. The van der Waals surface area contributed by atoms with Crippen LogP contribution < -0.4 is 11.1 Å². The molecular formula is C39H56N8O6. The average molecular weight is 733 g/mol. The van der Waals surface area contributed by atoms with E-state index in [1.54, 1.807) is 6.92 Å². The molecule has 14 heteroatoms. The molecule has 5 rings (SSSR count). The number of nitrogen functional groups attached to an aromatic ring is 1. The van der Waals surface area contributed by atoms with Crippen molar-refractivity contribution < 1.29 is 28.7 Å². The SMILES string of the molecule is CCCCCNc1nc(N)nc2ccn(Cc3ccc(CN4CCN(C(=O)CCOCCOCCCC(=O)CN5C(=O)CC(C)C5=O)CC4)cc3C)c12. The Morgan fingerprint density at radius 3 is 2.43 bits per heavy atom. The highest BCUT2D eigenvalue weighted by Crippen LogP contribution is 2.25. The zero-order valence-corrected chi connectivity index (χ0v) is 31.6. The molecule has 0 spiro atoms. The molecule has 0 aliphatic carbocycles. The number of fused-ring (bicyclic) bond motifs is 1. The van der Waals surface area contributed by atoms with Crippen LogP contribution in [0.15, 0.2) is 30.5 Å². The Hall–Kier alpha value is -4.40. The molecule has 2 fully saturated rings. The lowest BCUT2D eigenvalue weighted by Crippen LogP contribution is -2.48. The van der Waals surface area contributed by atoms with Gasteiger partial charge < -0.3 is 30.0 Å². The summed E-state index contributed by atoms with van der Waals surface area (Å²) in [6, 6.07) is 8.67. The number of aryl methyl sites for hydroxylation is 1. The summed E-state index contributed by atoms with van der Waals surface area (Å²) in [5.41, 5.74) is 11.5. The molecule has 0 bridgehead atoms. The second-order valence-electron chi connectivity index (χ2n) is 14.2. The Kier molecular flexibility index (Phi) is 14.7. The van der Waals surface area contributed by atoms with Crippen LogP contribution in [0.25, 0.3) is 11.0 Å². The molecule has 0 radical (unpaired) electrons. The molecule has 1 aromatic carbocycles. The average Bonchev–Trinajstić information content (AvgIpc) is 3.64. The Morgan fingerprint density at radius 1 is 0.943 bits per heavy atom. The summed E-state index contributed by atoms with van der Waals surface area (Å²) in [5.74, 6) is 0.111. The smallest absolute Gasteiger partial charge is 0.232 e. The first-order valence-corrected chi connectivity index (χ1v) is 19.1. The quantitative estimate of drug-likeness (QED) is 0.121. The number of hydrogen-bond acceptors (Lipinski definition) is 11. The highest BCUT2D eigenvalue weighted by molar-refractivity contribution is 6.05. The number of nitrogens with one attached hydrogen (secondary N) is 1. The third-order valence-corrected chi connectivity index (χ3v) is 9.96. The summed E-state index contributed by atoms with van der Waals surface area (Å²) >= 11 is 0. The van der Waals surface area contributed by atoms with Crippen LogP contribution in [0.4, 0.5) is 11.8 Å². The Bertz CT molecular complexity index is 1720. The maximum absolute atomic E-state index is 12.8. The van der Waals surface area contributed by atoms with Gasteiger partial charge in [0, 0.05) is 77.4 Å². The summed E-state index contributed by atoms with van der Waals surface area (Å²) in [6.45, 7) is 12.8. The highest BCUT2D eigenvalue weighted by Gasteiger charge is 2.36. The second-order valence-corrected chi connectivity index (χ2v) is 14.2. The fraction of sp³-hybridized carbons (Fsp3) is 0.590. The van der Waals surface area contributed by atoms with Gasteiger partial charge in [-0.3, -0.25) is 29.0 Å². The van der Waals surface area contributed by atoms with Crippen molar-refractivity contribution in [3.8, 4) is 0 Å². The largest absolute Gasteiger partial charge is 0.379 e. The molecule has 2 aromatic heterocycles. The van der Waals surface area contributed by atoms with Gasteiger partial charge in [-0.2, -0.15) is 4.98 Å². The predicted octanol–water partition coefficient (Wildman–Crippen LogP) is 3.78. The number of nitrogens with zero attached hydrogens (tertiary/aromatic N) is 6. The van der Waals surface area contributed by atoms with Crippen molar-refractivity contribution in [1.82, 2.24) is 29.2 Å². The molecule has 2 aliphatic heterocycles. The number of benzene rings is 1. The Balaban J connectivity index is 0.954.